The van der Waals surface area contributed by atoms with E-state index in [0.29, 0.717) is 18.8 Å². The summed E-state index contributed by atoms with van der Waals surface area (Å²) in [5.74, 6) is -0.312. The lowest BCUT2D eigenvalue weighted by molar-refractivity contribution is -0.149. The van der Waals surface area contributed by atoms with Gasteiger partial charge in [-0.2, -0.15) is 0 Å². The molecule has 5 heteroatoms. The van der Waals surface area contributed by atoms with Gasteiger partial charge in [0.1, 0.15) is 12.4 Å². The number of aliphatic carboxylic acids is 1. The predicted molar refractivity (Wildman–Crippen MR) is 65.8 cm³/mol. The summed E-state index contributed by atoms with van der Waals surface area (Å²) in [6.45, 7) is 2.35. The van der Waals surface area contributed by atoms with Crippen molar-refractivity contribution in [3.8, 4) is 5.75 Å². The van der Waals surface area contributed by atoms with E-state index in [9.17, 15) is 4.79 Å². The summed E-state index contributed by atoms with van der Waals surface area (Å²) >= 11 is 0. The van der Waals surface area contributed by atoms with Crippen molar-refractivity contribution in [1.29, 1.82) is 0 Å². The zero-order chi connectivity index (χ0) is 13.4. The maximum absolute atomic E-state index is 10.9. The third kappa shape index (κ3) is 4.73. The number of carboxylic acids is 1. The minimum Gasteiger partial charge on any atom is -0.491 e. The highest BCUT2D eigenvalue weighted by Gasteiger charge is 2.17. The van der Waals surface area contributed by atoms with Crippen molar-refractivity contribution >= 4 is 5.97 Å². The maximum Gasteiger partial charge on any atom is 0.333 e. The second kappa shape index (κ2) is 7.68. The Morgan fingerprint density at radius 2 is 2.00 bits per heavy atom. The van der Waals surface area contributed by atoms with Crippen LogP contribution in [0.25, 0.3) is 0 Å². The Balaban J connectivity index is 2.58. The molecule has 0 spiro atoms. The van der Waals surface area contributed by atoms with Crippen molar-refractivity contribution < 1.29 is 24.5 Å². The minimum atomic E-state index is -0.961. The molecule has 0 aliphatic rings. The van der Waals surface area contributed by atoms with Crippen molar-refractivity contribution in [3.05, 3.63) is 29.8 Å². The summed E-state index contributed by atoms with van der Waals surface area (Å²) in [6, 6.07) is 7.08. The number of benzene rings is 1. The molecule has 0 saturated heterocycles. The first-order valence-corrected chi connectivity index (χ1v) is 5.84. The topological polar surface area (TPSA) is 76.0 Å². The lowest BCUT2D eigenvalue weighted by Gasteiger charge is -2.12. The molecule has 2 N–H and O–H groups in total. The van der Waals surface area contributed by atoms with Gasteiger partial charge in [0.25, 0.3) is 0 Å². The van der Waals surface area contributed by atoms with E-state index in [2.05, 4.69) is 0 Å². The number of hydrogen-bond acceptors (Lipinski definition) is 4. The number of carboxylic acid groups (broad SMARTS) is 1. The highest BCUT2D eigenvalue weighted by Crippen LogP contribution is 2.14. The van der Waals surface area contributed by atoms with Crippen LogP contribution in [-0.2, 0) is 16.0 Å². The zero-order valence-electron chi connectivity index (χ0n) is 10.3. The molecule has 0 heterocycles. The lowest BCUT2D eigenvalue weighted by Crippen LogP contribution is -2.26. The molecule has 0 unspecified atom stereocenters. The average molecular weight is 254 g/mol. The van der Waals surface area contributed by atoms with E-state index in [0.717, 1.165) is 5.56 Å². The van der Waals surface area contributed by atoms with Gasteiger partial charge in [-0.1, -0.05) is 12.1 Å². The molecule has 1 rings (SSSR count). The first kappa shape index (κ1) is 14.5. The average Bonchev–Trinajstić information content (AvgIpc) is 2.37. The molecule has 0 aromatic heterocycles. The fourth-order valence-corrected chi connectivity index (χ4v) is 1.52. The highest BCUT2D eigenvalue weighted by atomic mass is 16.5. The molecule has 1 aromatic rings. The van der Waals surface area contributed by atoms with Crippen LogP contribution in [0.5, 0.6) is 5.75 Å². The van der Waals surface area contributed by atoms with Crippen LogP contribution in [0.4, 0.5) is 0 Å². The van der Waals surface area contributed by atoms with E-state index in [4.69, 9.17) is 19.7 Å². The van der Waals surface area contributed by atoms with Crippen LogP contribution in [0.2, 0.25) is 0 Å². The SMILES string of the molecule is CCO[C@H](Cc1ccc(OCCO)cc1)C(=O)O. The standard InChI is InChI=1S/C13H18O5/c1-2-17-12(13(15)16)9-10-3-5-11(6-4-10)18-8-7-14/h3-6,12,14H,2,7-9H2,1H3,(H,15,16)/t12-/m1/s1. The van der Waals surface area contributed by atoms with Gasteiger partial charge in [-0.3, -0.25) is 0 Å². The molecule has 1 aromatic carbocycles. The minimum absolute atomic E-state index is 0.0345. The summed E-state index contributed by atoms with van der Waals surface area (Å²) in [5, 5.41) is 17.6. The van der Waals surface area contributed by atoms with Crippen LogP contribution in [0, 0.1) is 0 Å². The quantitative estimate of drug-likeness (QED) is 0.726. The van der Waals surface area contributed by atoms with E-state index < -0.39 is 12.1 Å². The molecule has 0 fully saturated rings. The molecule has 0 aliphatic carbocycles. The number of aliphatic hydroxyl groups excluding tert-OH is 1. The molecule has 1 atom stereocenters. The van der Waals surface area contributed by atoms with Gasteiger partial charge in [-0.15, -0.1) is 0 Å². The maximum atomic E-state index is 10.9. The van der Waals surface area contributed by atoms with Crippen LogP contribution in [-0.4, -0.2) is 42.1 Å². The van der Waals surface area contributed by atoms with Crippen molar-refractivity contribution in [2.45, 2.75) is 19.4 Å². The molecule has 5 nitrogen and oxygen atoms in total. The summed E-state index contributed by atoms with van der Waals surface area (Å²) < 4.78 is 10.4. The van der Waals surface area contributed by atoms with Gasteiger partial charge in [-0.25, -0.2) is 4.79 Å². The van der Waals surface area contributed by atoms with Gasteiger partial charge >= 0.3 is 5.97 Å². The van der Waals surface area contributed by atoms with Crippen LogP contribution >= 0.6 is 0 Å². The monoisotopic (exact) mass is 254 g/mol. The van der Waals surface area contributed by atoms with Gasteiger partial charge in [0.15, 0.2) is 6.10 Å². The molecule has 18 heavy (non-hydrogen) atoms. The summed E-state index contributed by atoms with van der Waals surface area (Å²) in [6.07, 6.45) is -0.497. The van der Waals surface area contributed by atoms with Gasteiger partial charge in [-0.05, 0) is 24.6 Å². The third-order valence-corrected chi connectivity index (χ3v) is 2.35. The van der Waals surface area contributed by atoms with Crippen LogP contribution in [0.3, 0.4) is 0 Å². The highest BCUT2D eigenvalue weighted by molar-refractivity contribution is 5.72. The fraction of sp³-hybridized carbons (Fsp3) is 0.462. The first-order valence-electron chi connectivity index (χ1n) is 5.84. The van der Waals surface area contributed by atoms with Crippen molar-refractivity contribution in [3.63, 3.8) is 0 Å². The van der Waals surface area contributed by atoms with Crippen molar-refractivity contribution in [1.82, 2.24) is 0 Å². The number of aliphatic hydroxyl groups is 1. The smallest absolute Gasteiger partial charge is 0.333 e. The molecule has 0 saturated carbocycles. The van der Waals surface area contributed by atoms with E-state index in [1.165, 1.54) is 0 Å². The molecule has 0 radical (unpaired) electrons. The van der Waals surface area contributed by atoms with Gasteiger partial charge in [0.05, 0.1) is 6.61 Å². The number of hydrogen-bond donors (Lipinski definition) is 2. The second-order valence-electron chi connectivity index (χ2n) is 3.70. The fourth-order valence-electron chi connectivity index (χ4n) is 1.52. The Morgan fingerprint density at radius 3 is 2.50 bits per heavy atom. The normalized spacial score (nSPS) is 12.1. The zero-order valence-corrected chi connectivity index (χ0v) is 10.3. The molecule has 0 bridgehead atoms. The van der Waals surface area contributed by atoms with Crippen LogP contribution < -0.4 is 4.74 Å². The Hall–Kier alpha value is -1.59. The van der Waals surface area contributed by atoms with Crippen LogP contribution in [0.15, 0.2) is 24.3 Å². The largest absolute Gasteiger partial charge is 0.491 e. The predicted octanol–water partition coefficient (Wildman–Crippen LogP) is 1.09. The van der Waals surface area contributed by atoms with Crippen molar-refractivity contribution in [2.75, 3.05) is 19.8 Å². The van der Waals surface area contributed by atoms with Crippen LogP contribution in [0.1, 0.15) is 12.5 Å². The third-order valence-electron chi connectivity index (χ3n) is 2.35. The number of rotatable bonds is 8. The van der Waals surface area contributed by atoms with Gasteiger partial charge in [0, 0.05) is 13.0 Å². The summed E-state index contributed by atoms with van der Waals surface area (Å²) in [7, 11) is 0. The summed E-state index contributed by atoms with van der Waals surface area (Å²) in [4.78, 5) is 10.9. The lowest BCUT2D eigenvalue weighted by atomic mass is 10.1. The second-order valence-corrected chi connectivity index (χ2v) is 3.70. The first-order chi connectivity index (χ1) is 8.67. The Morgan fingerprint density at radius 1 is 1.33 bits per heavy atom. The van der Waals surface area contributed by atoms with E-state index >= 15 is 0 Å². The molecular weight excluding hydrogens is 236 g/mol. The van der Waals surface area contributed by atoms with Gasteiger partial charge < -0.3 is 19.7 Å². The Labute approximate surface area is 106 Å². The molecule has 0 aliphatic heterocycles. The molecule has 0 amide bonds. The van der Waals surface area contributed by atoms with Crippen molar-refractivity contribution in [2.24, 2.45) is 0 Å². The Bertz CT molecular complexity index is 360. The van der Waals surface area contributed by atoms with E-state index in [1.54, 1.807) is 31.2 Å². The number of carbonyl (C=O) groups is 1. The summed E-state index contributed by atoms with van der Waals surface area (Å²) in [5.41, 5.74) is 0.868. The number of ether oxygens (including phenoxy) is 2. The molecule has 100 valence electrons. The van der Waals surface area contributed by atoms with Gasteiger partial charge in [0.2, 0.25) is 0 Å². The van der Waals surface area contributed by atoms with E-state index in [-0.39, 0.29) is 13.2 Å². The molecular formula is C13H18O5. The van der Waals surface area contributed by atoms with E-state index in [1.807, 2.05) is 0 Å². The Kier molecular flexibility index (Phi) is 6.18.